The monoisotopic (exact) mass is 305 g/mol. The Morgan fingerprint density at radius 3 is 2.24 bits per heavy atom. The third-order valence-corrected chi connectivity index (χ3v) is 2.83. The zero-order valence-electron chi connectivity index (χ0n) is 10.5. The van der Waals surface area contributed by atoms with Gasteiger partial charge in [0.25, 0.3) is 11.4 Å². The van der Waals surface area contributed by atoms with Gasteiger partial charge in [0.2, 0.25) is 0 Å². The van der Waals surface area contributed by atoms with Gasteiger partial charge in [0.1, 0.15) is 0 Å². The zero-order chi connectivity index (χ0) is 15.4. The highest BCUT2D eigenvalue weighted by atomic mass is 35.5. The van der Waals surface area contributed by atoms with Crippen LogP contribution in [0.25, 0.3) is 0 Å². The summed E-state index contributed by atoms with van der Waals surface area (Å²) in [6.45, 7) is 0. The van der Waals surface area contributed by atoms with Gasteiger partial charge in [-0.15, -0.1) is 0 Å². The van der Waals surface area contributed by atoms with Crippen LogP contribution in [0.3, 0.4) is 0 Å². The van der Waals surface area contributed by atoms with Crippen molar-refractivity contribution in [1.29, 1.82) is 0 Å². The van der Waals surface area contributed by atoms with Gasteiger partial charge in [-0.25, -0.2) is 0 Å². The fourth-order valence-corrected chi connectivity index (χ4v) is 1.78. The predicted molar refractivity (Wildman–Crippen MR) is 78.5 cm³/mol. The number of nitro groups is 2. The van der Waals surface area contributed by atoms with Crippen LogP contribution in [0, 0.1) is 20.2 Å². The average molecular weight is 306 g/mol. The molecule has 0 radical (unpaired) electrons. The van der Waals surface area contributed by atoms with Gasteiger partial charge in [-0.3, -0.25) is 25.2 Å². The zero-order valence-corrected chi connectivity index (χ0v) is 11.2. The van der Waals surface area contributed by atoms with E-state index in [1.807, 2.05) is 0 Å². The van der Waals surface area contributed by atoms with Crippen molar-refractivity contribution in [1.82, 2.24) is 0 Å². The topological polar surface area (TPSA) is 98.6 Å². The molecule has 0 aliphatic heterocycles. The lowest BCUT2D eigenvalue weighted by molar-refractivity contribution is -0.385. The van der Waals surface area contributed by atoms with E-state index in [1.54, 1.807) is 0 Å². The van der Waals surface area contributed by atoms with Crippen LogP contribution in [-0.2, 0) is 0 Å². The van der Waals surface area contributed by atoms with Gasteiger partial charge >= 0.3 is 0 Å². The van der Waals surface area contributed by atoms with Crippen molar-refractivity contribution in [2.45, 2.75) is 0 Å². The number of nitrogens with zero attached hydrogens (tertiary/aromatic N) is 3. The first-order chi connectivity index (χ1) is 9.97. The van der Waals surface area contributed by atoms with E-state index < -0.39 is 9.85 Å². The van der Waals surface area contributed by atoms with E-state index in [1.165, 1.54) is 48.7 Å². The van der Waals surface area contributed by atoms with Gasteiger partial charge in [-0.05, 0) is 24.3 Å². The van der Waals surface area contributed by atoms with Crippen LogP contribution in [0.4, 0.5) is 17.1 Å². The first kappa shape index (κ1) is 14.6. The quantitative estimate of drug-likeness (QED) is 0.485. The second-order valence-corrected chi connectivity index (χ2v) is 4.43. The van der Waals surface area contributed by atoms with Gasteiger partial charge in [0.15, 0.2) is 0 Å². The molecule has 0 fully saturated rings. The lowest BCUT2D eigenvalue weighted by Crippen LogP contribution is -1.94. The molecule has 0 amide bonds. The number of benzene rings is 2. The van der Waals surface area contributed by atoms with E-state index in [2.05, 4.69) is 4.99 Å². The van der Waals surface area contributed by atoms with Crippen LogP contribution < -0.4 is 0 Å². The van der Waals surface area contributed by atoms with Gasteiger partial charge in [-0.2, -0.15) is 0 Å². The Balaban J connectivity index is 2.30. The second kappa shape index (κ2) is 6.10. The molecule has 0 aliphatic rings. The van der Waals surface area contributed by atoms with Gasteiger partial charge in [-0.1, -0.05) is 11.6 Å². The highest BCUT2D eigenvalue weighted by Crippen LogP contribution is 2.23. The SMILES string of the molecule is O=[N+]([O-])c1ccc(N=Cc2cc(Cl)ccc2[N+](=O)[O-])cc1. The molecule has 2 aromatic carbocycles. The lowest BCUT2D eigenvalue weighted by atomic mass is 10.2. The molecule has 0 unspecified atom stereocenters. The van der Waals surface area contributed by atoms with Crippen LogP contribution >= 0.6 is 11.6 Å². The molecule has 0 saturated carbocycles. The summed E-state index contributed by atoms with van der Waals surface area (Å²) in [6, 6.07) is 9.64. The maximum absolute atomic E-state index is 10.9. The number of halogens is 1. The van der Waals surface area contributed by atoms with Crippen molar-refractivity contribution >= 4 is 34.9 Å². The van der Waals surface area contributed by atoms with E-state index in [-0.39, 0.29) is 16.9 Å². The van der Waals surface area contributed by atoms with Crippen molar-refractivity contribution in [3.8, 4) is 0 Å². The minimum absolute atomic E-state index is 0.0531. The minimum Gasteiger partial charge on any atom is -0.258 e. The number of rotatable bonds is 4. The van der Waals surface area contributed by atoms with Crippen molar-refractivity contribution in [3.05, 3.63) is 73.3 Å². The number of nitro benzene ring substituents is 2. The van der Waals surface area contributed by atoms with E-state index in [0.717, 1.165) is 0 Å². The first-order valence-electron chi connectivity index (χ1n) is 5.70. The van der Waals surface area contributed by atoms with Crippen LogP contribution in [0.5, 0.6) is 0 Å². The largest absolute Gasteiger partial charge is 0.278 e. The van der Waals surface area contributed by atoms with Gasteiger partial charge in [0, 0.05) is 29.4 Å². The molecule has 21 heavy (non-hydrogen) atoms. The number of hydrogen-bond donors (Lipinski definition) is 0. The van der Waals surface area contributed by atoms with Crippen molar-refractivity contribution in [3.63, 3.8) is 0 Å². The maximum atomic E-state index is 10.9. The van der Waals surface area contributed by atoms with Crippen LogP contribution in [-0.4, -0.2) is 16.1 Å². The Kier molecular flexibility index (Phi) is 4.24. The Bertz CT molecular complexity index is 729. The third-order valence-electron chi connectivity index (χ3n) is 2.60. The number of hydrogen-bond acceptors (Lipinski definition) is 5. The maximum Gasteiger partial charge on any atom is 0.278 e. The molecule has 0 atom stereocenters. The minimum atomic E-state index is -0.534. The third kappa shape index (κ3) is 3.61. The van der Waals surface area contributed by atoms with E-state index >= 15 is 0 Å². The highest BCUT2D eigenvalue weighted by Gasteiger charge is 2.12. The van der Waals surface area contributed by atoms with Crippen LogP contribution in [0.2, 0.25) is 5.02 Å². The van der Waals surface area contributed by atoms with Crippen LogP contribution in [0.15, 0.2) is 47.5 Å². The molecule has 2 rings (SSSR count). The fourth-order valence-electron chi connectivity index (χ4n) is 1.60. The molecule has 0 spiro atoms. The van der Waals surface area contributed by atoms with E-state index in [9.17, 15) is 20.2 Å². The molecule has 0 saturated heterocycles. The first-order valence-corrected chi connectivity index (χ1v) is 6.07. The second-order valence-electron chi connectivity index (χ2n) is 3.99. The van der Waals surface area contributed by atoms with Crippen molar-refractivity contribution in [2.24, 2.45) is 4.99 Å². The molecule has 0 aromatic heterocycles. The summed E-state index contributed by atoms with van der Waals surface area (Å²) in [7, 11) is 0. The molecule has 0 aliphatic carbocycles. The molecule has 0 bridgehead atoms. The summed E-state index contributed by atoms with van der Waals surface area (Å²) >= 11 is 5.80. The van der Waals surface area contributed by atoms with E-state index in [0.29, 0.717) is 10.7 Å². The van der Waals surface area contributed by atoms with Gasteiger partial charge < -0.3 is 0 Å². The lowest BCUT2D eigenvalue weighted by Gasteiger charge is -1.98. The summed E-state index contributed by atoms with van der Waals surface area (Å²) in [5.41, 5.74) is 0.522. The molecule has 7 nitrogen and oxygen atoms in total. The van der Waals surface area contributed by atoms with Crippen molar-refractivity contribution in [2.75, 3.05) is 0 Å². The Morgan fingerprint density at radius 2 is 1.67 bits per heavy atom. The summed E-state index contributed by atoms with van der Waals surface area (Å²) in [4.78, 5) is 24.4. The summed E-state index contributed by atoms with van der Waals surface area (Å²) in [5, 5.41) is 21.8. The molecular weight excluding hydrogens is 298 g/mol. The van der Waals surface area contributed by atoms with Gasteiger partial charge in [0.05, 0.1) is 21.1 Å². The summed E-state index contributed by atoms with van der Waals surface area (Å²) in [6.07, 6.45) is 1.30. The fraction of sp³-hybridized carbons (Fsp3) is 0. The molecule has 0 heterocycles. The smallest absolute Gasteiger partial charge is 0.258 e. The summed E-state index contributed by atoms with van der Waals surface area (Å²) in [5.74, 6) is 0. The highest BCUT2D eigenvalue weighted by molar-refractivity contribution is 6.31. The predicted octanol–water partition coefficient (Wildman–Crippen LogP) is 3.91. The number of aliphatic imine (C=N–C) groups is 1. The summed E-state index contributed by atoms with van der Waals surface area (Å²) < 4.78 is 0. The molecule has 8 heteroatoms. The van der Waals surface area contributed by atoms with E-state index in [4.69, 9.17) is 11.6 Å². The number of non-ortho nitro benzene ring substituents is 1. The van der Waals surface area contributed by atoms with Crippen molar-refractivity contribution < 1.29 is 9.85 Å². The average Bonchev–Trinajstić information content (AvgIpc) is 2.45. The Labute approximate surface area is 123 Å². The molecule has 2 aromatic rings. The normalized spacial score (nSPS) is 10.7. The van der Waals surface area contributed by atoms with Crippen LogP contribution in [0.1, 0.15) is 5.56 Å². The standard InChI is InChI=1S/C13H8ClN3O4/c14-10-1-6-13(17(20)21)9(7-10)8-15-11-2-4-12(5-3-11)16(18)19/h1-8H. The molecular formula is C13H8ClN3O4. The molecule has 106 valence electrons. The Morgan fingerprint density at radius 1 is 1.00 bits per heavy atom. The molecule has 0 N–H and O–H groups in total. The Hall–Kier alpha value is -2.80.